The average molecular weight is 236 g/mol. The maximum Gasteiger partial charge on any atom is 0.251 e. The Hall–Kier alpha value is -2.15. The van der Waals surface area contributed by atoms with Gasteiger partial charge in [0, 0.05) is 17.0 Å². The van der Waals surface area contributed by atoms with Crippen LogP contribution in [0.2, 0.25) is 0 Å². The van der Waals surface area contributed by atoms with E-state index in [-0.39, 0.29) is 16.9 Å². The Morgan fingerprint density at radius 3 is 2.38 bits per heavy atom. The molecule has 2 aromatic rings. The molecule has 0 aromatic carbocycles. The smallest absolute Gasteiger partial charge is 0.251 e. The van der Waals surface area contributed by atoms with Crippen molar-refractivity contribution in [2.24, 2.45) is 11.5 Å². The normalized spacial score (nSPS) is 10.5. The SMILES string of the molecule is NC(=O)c1cnc(N)c2c(C(N)=O)csc12. The van der Waals surface area contributed by atoms with Crippen LogP contribution in [0.5, 0.6) is 0 Å². The van der Waals surface area contributed by atoms with Crippen LogP contribution < -0.4 is 17.2 Å². The number of amides is 2. The molecule has 7 heteroatoms. The van der Waals surface area contributed by atoms with E-state index in [1.807, 2.05) is 0 Å². The molecule has 2 heterocycles. The lowest BCUT2D eigenvalue weighted by molar-refractivity contribution is 0.0992. The van der Waals surface area contributed by atoms with Gasteiger partial charge in [0.1, 0.15) is 5.82 Å². The van der Waals surface area contributed by atoms with Crippen molar-refractivity contribution >= 4 is 39.1 Å². The molecule has 0 aliphatic rings. The van der Waals surface area contributed by atoms with Crippen molar-refractivity contribution in [2.45, 2.75) is 0 Å². The molecule has 0 saturated carbocycles. The quantitative estimate of drug-likeness (QED) is 0.682. The third-order valence-electron chi connectivity index (χ3n) is 2.16. The summed E-state index contributed by atoms with van der Waals surface area (Å²) >= 11 is 1.19. The van der Waals surface area contributed by atoms with Gasteiger partial charge in [-0.05, 0) is 0 Å². The molecule has 0 unspecified atom stereocenters. The average Bonchev–Trinajstić information content (AvgIpc) is 2.62. The van der Waals surface area contributed by atoms with E-state index in [1.165, 1.54) is 22.9 Å². The number of pyridine rings is 1. The van der Waals surface area contributed by atoms with Gasteiger partial charge in [-0.25, -0.2) is 4.98 Å². The first-order valence-corrected chi connectivity index (χ1v) is 5.15. The molecular formula is C9H8N4O2S. The molecule has 2 rings (SSSR count). The van der Waals surface area contributed by atoms with Gasteiger partial charge in [0.15, 0.2) is 0 Å². The van der Waals surface area contributed by atoms with E-state index in [4.69, 9.17) is 17.2 Å². The van der Waals surface area contributed by atoms with Gasteiger partial charge in [-0.15, -0.1) is 11.3 Å². The highest BCUT2D eigenvalue weighted by Gasteiger charge is 2.17. The van der Waals surface area contributed by atoms with Crippen LogP contribution in [0.1, 0.15) is 20.7 Å². The van der Waals surface area contributed by atoms with Crippen molar-refractivity contribution in [3.05, 3.63) is 22.7 Å². The molecule has 2 amide bonds. The maximum atomic E-state index is 11.1. The van der Waals surface area contributed by atoms with Gasteiger partial charge in [-0.2, -0.15) is 0 Å². The summed E-state index contributed by atoms with van der Waals surface area (Å²) in [6, 6.07) is 0. The zero-order chi connectivity index (χ0) is 11.9. The highest BCUT2D eigenvalue weighted by Crippen LogP contribution is 2.31. The Morgan fingerprint density at radius 2 is 1.81 bits per heavy atom. The topological polar surface area (TPSA) is 125 Å². The van der Waals surface area contributed by atoms with Gasteiger partial charge < -0.3 is 17.2 Å². The molecule has 0 fully saturated rings. The van der Waals surface area contributed by atoms with E-state index in [1.54, 1.807) is 0 Å². The molecule has 2 aromatic heterocycles. The van der Waals surface area contributed by atoms with Crippen molar-refractivity contribution < 1.29 is 9.59 Å². The number of fused-ring (bicyclic) bond motifs is 1. The molecule has 0 atom stereocenters. The van der Waals surface area contributed by atoms with E-state index in [0.717, 1.165) is 0 Å². The fourth-order valence-corrected chi connectivity index (χ4v) is 2.51. The Morgan fingerprint density at radius 1 is 1.19 bits per heavy atom. The number of thiophene rings is 1. The largest absolute Gasteiger partial charge is 0.383 e. The van der Waals surface area contributed by atoms with Crippen molar-refractivity contribution in [3.63, 3.8) is 0 Å². The summed E-state index contributed by atoms with van der Waals surface area (Å²) in [5.74, 6) is -1.06. The predicted molar refractivity (Wildman–Crippen MR) is 61.1 cm³/mol. The summed E-state index contributed by atoms with van der Waals surface area (Å²) in [5, 5.41) is 1.94. The summed E-state index contributed by atoms with van der Waals surface area (Å²) in [4.78, 5) is 26.1. The summed E-state index contributed by atoms with van der Waals surface area (Å²) in [6.45, 7) is 0. The number of carbonyl (C=O) groups excluding carboxylic acids is 2. The van der Waals surface area contributed by atoms with E-state index in [9.17, 15) is 9.59 Å². The number of nitrogen functional groups attached to an aromatic ring is 1. The van der Waals surface area contributed by atoms with Crippen molar-refractivity contribution in [2.75, 3.05) is 5.73 Å². The number of hydrogen-bond donors (Lipinski definition) is 3. The first-order valence-electron chi connectivity index (χ1n) is 4.27. The van der Waals surface area contributed by atoms with Gasteiger partial charge in [0.2, 0.25) is 5.91 Å². The fraction of sp³-hybridized carbons (Fsp3) is 0. The van der Waals surface area contributed by atoms with Crippen molar-refractivity contribution in [1.82, 2.24) is 4.98 Å². The number of anilines is 1. The highest BCUT2D eigenvalue weighted by molar-refractivity contribution is 7.18. The molecule has 16 heavy (non-hydrogen) atoms. The van der Waals surface area contributed by atoms with Crippen LogP contribution in [0.4, 0.5) is 5.82 Å². The number of nitrogens with zero attached hydrogens (tertiary/aromatic N) is 1. The number of carbonyl (C=O) groups is 2. The third kappa shape index (κ3) is 1.38. The standard InChI is InChI=1S/C9H8N4O2S/c10-7-5-4(9(12)15)2-16-6(5)3(1-13-7)8(11)14/h1-2H,(H2,10,13)(H2,11,14)(H2,12,15). The number of hydrogen-bond acceptors (Lipinski definition) is 5. The molecule has 0 saturated heterocycles. The molecule has 0 bridgehead atoms. The molecule has 0 aliphatic carbocycles. The first kappa shape index (κ1) is 10.4. The lowest BCUT2D eigenvalue weighted by atomic mass is 10.1. The molecule has 82 valence electrons. The van der Waals surface area contributed by atoms with Crippen LogP contribution in [0.3, 0.4) is 0 Å². The van der Waals surface area contributed by atoms with E-state index in [0.29, 0.717) is 10.1 Å². The fourth-order valence-electron chi connectivity index (χ4n) is 1.42. The summed E-state index contributed by atoms with van der Waals surface area (Å²) in [6.07, 6.45) is 1.29. The van der Waals surface area contributed by atoms with Crippen LogP contribution in [0.25, 0.3) is 10.1 Å². The highest BCUT2D eigenvalue weighted by atomic mass is 32.1. The number of rotatable bonds is 2. The van der Waals surface area contributed by atoms with E-state index >= 15 is 0 Å². The van der Waals surface area contributed by atoms with Crippen LogP contribution in [0, 0.1) is 0 Å². The third-order valence-corrected chi connectivity index (χ3v) is 3.17. The van der Waals surface area contributed by atoms with Crippen molar-refractivity contribution in [1.29, 1.82) is 0 Å². The predicted octanol–water partition coefficient (Wildman–Crippen LogP) is 0.0763. The van der Waals surface area contributed by atoms with Crippen LogP contribution in [-0.2, 0) is 0 Å². The second-order valence-electron chi connectivity index (χ2n) is 3.14. The zero-order valence-electron chi connectivity index (χ0n) is 8.06. The second-order valence-corrected chi connectivity index (χ2v) is 4.02. The molecule has 0 spiro atoms. The minimum Gasteiger partial charge on any atom is -0.383 e. The lowest BCUT2D eigenvalue weighted by Gasteiger charge is -2.01. The van der Waals surface area contributed by atoms with E-state index in [2.05, 4.69) is 4.98 Å². The Labute approximate surface area is 94.0 Å². The van der Waals surface area contributed by atoms with Gasteiger partial charge in [0.05, 0.1) is 15.8 Å². The van der Waals surface area contributed by atoms with E-state index < -0.39 is 11.8 Å². The Bertz CT molecular complexity index is 605. The van der Waals surface area contributed by atoms with Gasteiger partial charge in [-0.3, -0.25) is 9.59 Å². The molecule has 6 N–H and O–H groups in total. The molecular weight excluding hydrogens is 228 g/mol. The van der Waals surface area contributed by atoms with Gasteiger partial charge in [0.25, 0.3) is 5.91 Å². The van der Waals surface area contributed by atoms with Crippen LogP contribution in [-0.4, -0.2) is 16.8 Å². The van der Waals surface area contributed by atoms with Gasteiger partial charge >= 0.3 is 0 Å². The maximum absolute atomic E-state index is 11.1. The Balaban J connectivity index is 2.88. The number of nitrogens with two attached hydrogens (primary N) is 3. The minimum atomic E-state index is -0.615. The Kier molecular flexibility index (Phi) is 2.24. The molecule has 0 aliphatic heterocycles. The second kappa shape index (κ2) is 3.46. The number of primary amides is 2. The summed E-state index contributed by atoms with van der Waals surface area (Å²) < 4.78 is 0.536. The summed E-state index contributed by atoms with van der Waals surface area (Å²) in [5.41, 5.74) is 16.5. The zero-order valence-corrected chi connectivity index (χ0v) is 8.88. The van der Waals surface area contributed by atoms with Gasteiger partial charge in [-0.1, -0.05) is 0 Å². The summed E-state index contributed by atoms with van der Waals surface area (Å²) in [7, 11) is 0. The van der Waals surface area contributed by atoms with Crippen LogP contribution >= 0.6 is 11.3 Å². The molecule has 6 nitrogen and oxygen atoms in total. The lowest BCUT2D eigenvalue weighted by Crippen LogP contribution is -2.13. The van der Waals surface area contributed by atoms with Crippen molar-refractivity contribution in [3.8, 4) is 0 Å². The van der Waals surface area contributed by atoms with Crippen LogP contribution in [0.15, 0.2) is 11.6 Å². The minimum absolute atomic E-state index is 0.162. The molecule has 0 radical (unpaired) electrons. The first-order chi connectivity index (χ1) is 7.52. The number of aromatic nitrogens is 1. The monoisotopic (exact) mass is 236 g/mol.